The SMILES string of the molecule is CCCCC[C@H](O)CC[C@@H]1CC[C@H](OCc2ccc(-c3ccccc3)cc2)[C@@H]1CC=CCC=CC(=O)O. The summed E-state index contributed by atoms with van der Waals surface area (Å²) >= 11 is 0. The zero-order valence-electron chi connectivity index (χ0n) is 22.3. The third-order valence-electron chi connectivity index (χ3n) is 7.55. The average molecular weight is 505 g/mol. The van der Waals surface area contributed by atoms with Gasteiger partial charge in [0.2, 0.25) is 0 Å². The number of carboxylic acids is 1. The van der Waals surface area contributed by atoms with Crippen molar-refractivity contribution < 1.29 is 19.7 Å². The van der Waals surface area contributed by atoms with Gasteiger partial charge in [-0.2, -0.15) is 0 Å². The van der Waals surface area contributed by atoms with Gasteiger partial charge in [-0.25, -0.2) is 4.79 Å². The molecule has 2 N–H and O–H groups in total. The minimum atomic E-state index is -0.910. The predicted octanol–water partition coefficient (Wildman–Crippen LogP) is 7.96. The molecule has 0 saturated heterocycles. The molecule has 0 unspecified atom stereocenters. The van der Waals surface area contributed by atoms with Crippen LogP contribution in [-0.2, 0) is 16.1 Å². The number of ether oxygens (including phenoxy) is 1. The van der Waals surface area contributed by atoms with Gasteiger partial charge in [0.05, 0.1) is 18.8 Å². The molecule has 1 aliphatic carbocycles. The molecule has 4 atom stereocenters. The Morgan fingerprint density at radius 2 is 1.73 bits per heavy atom. The Morgan fingerprint density at radius 1 is 0.973 bits per heavy atom. The first-order valence-corrected chi connectivity index (χ1v) is 14.0. The molecular formula is C33H44O4. The first-order chi connectivity index (χ1) is 18.1. The molecule has 1 fully saturated rings. The van der Waals surface area contributed by atoms with E-state index in [9.17, 15) is 9.90 Å². The molecule has 0 amide bonds. The molecule has 1 aliphatic rings. The van der Waals surface area contributed by atoms with Gasteiger partial charge >= 0.3 is 5.97 Å². The molecule has 0 aromatic heterocycles. The van der Waals surface area contributed by atoms with Crippen LogP contribution in [0, 0.1) is 11.8 Å². The number of aliphatic carboxylic acids is 1. The molecule has 2 aromatic carbocycles. The maximum absolute atomic E-state index is 10.7. The maximum Gasteiger partial charge on any atom is 0.327 e. The van der Waals surface area contributed by atoms with Gasteiger partial charge < -0.3 is 14.9 Å². The number of allylic oxidation sites excluding steroid dienone is 3. The van der Waals surface area contributed by atoms with Gasteiger partial charge in [-0.15, -0.1) is 0 Å². The van der Waals surface area contributed by atoms with E-state index in [0.29, 0.717) is 24.9 Å². The second-order valence-corrected chi connectivity index (χ2v) is 10.3. The van der Waals surface area contributed by atoms with Gasteiger partial charge in [-0.3, -0.25) is 0 Å². The number of hydrogen-bond acceptors (Lipinski definition) is 3. The Morgan fingerprint density at radius 3 is 2.46 bits per heavy atom. The number of hydrogen-bond donors (Lipinski definition) is 2. The summed E-state index contributed by atoms with van der Waals surface area (Å²) in [4.78, 5) is 10.7. The maximum atomic E-state index is 10.7. The third-order valence-corrected chi connectivity index (χ3v) is 7.55. The van der Waals surface area contributed by atoms with Crippen LogP contribution >= 0.6 is 0 Å². The van der Waals surface area contributed by atoms with E-state index in [1.807, 2.05) is 12.1 Å². The summed E-state index contributed by atoms with van der Waals surface area (Å²) in [6.45, 7) is 2.80. The monoisotopic (exact) mass is 504 g/mol. The zero-order chi connectivity index (χ0) is 26.3. The summed E-state index contributed by atoms with van der Waals surface area (Å²) in [5.41, 5.74) is 3.61. The van der Waals surface area contributed by atoms with Crippen molar-refractivity contribution in [1.82, 2.24) is 0 Å². The van der Waals surface area contributed by atoms with Crippen molar-refractivity contribution in [2.24, 2.45) is 11.8 Å². The van der Waals surface area contributed by atoms with Crippen molar-refractivity contribution in [2.75, 3.05) is 0 Å². The van der Waals surface area contributed by atoms with E-state index in [-0.39, 0.29) is 12.2 Å². The lowest BCUT2D eigenvalue weighted by Gasteiger charge is -2.25. The molecule has 3 rings (SSSR count). The van der Waals surface area contributed by atoms with Crippen LogP contribution in [0.4, 0.5) is 0 Å². The van der Waals surface area contributed by atoms with Crippen molar-refractivity contribution in [1.29, 1.82) is 0 Å². The highest BCUT2D eigenvalue weighted by Crippen LogP contribution is 2.40. The van der Waals surface area contributed by atoms with Gasteiger partial charge in [0.15, 0.2) is 0 Å². The lowest BCUT2D eigenvalue weighted by molar-refractivity contribution is -0.131. The smallest absolute Gasteiger partial charge is 0.327 e. The van der Waals surface area contributed by atoms with Crippen LogP contribution in [0.2, 0.25) is 0 Å². The van der Waals surface area contributed by atoms with Crippen molar-refractivity contribution in [3.05, 3.63) is 84.5 Å². The normalized spacial score (nSPS) is 20.6. The van der Waals surface area contributed by atoms with Crippen molar-refractivity contribution >= 4 is 5.97 Å². The summed E-state index contributed by atoms with van der Waals surface area (Å²) < 4.78 is 6.49. The Balaban J connectivity index is 1.55. The number of benzene rings is 2. The predicted molar refractivity (Wildman–Crippen MR) is 151 cm³/mol. The third kappa shape index (κ3) is 10.3. The van der Waals surface area contributed by atoms with Crippen LogP contribution < -0.4 is 0 Å². The van der Waals surface area contributed by atoms with E-state index in [2.05, 4.69) is 61.5 Å². The molecule has 0 aliphatic heterocycles. The van der Waals surface area contributed by atoms with Crippen molar-refractivity contribution in [2.45, 2.75) is 89.9 Å². The largest absolute Gasteiger partial charge is 0.478 e. The summed E-state index contributed by atoms with van der Waals surface area (Å²) in [7, 11) is 0. The minimum Gasteiger partial charge on any atom is -0.478 e. The van der Waals surface area contributed by atoms with Crippen molar-refractivity contribution in [3.8, 4) is 11.1 Å². The van der Waals surface area contributed by atoms with Gasteiger partial charge in [-0.1, -0.05) is 99.0 Å². The second-order valence-electron chi connectivity index (χ2n) is 10.3. The van der Waals surface area contributed by atoms with E-state index in [1.165, 1.54) is 35.6 Å². The number of aliphatic hydroxyl groups excluding tert-OH is 1. The average Bonchev–Trinajstić information content (AvgIpc) is 3.30. The van der Waals surface area contributed by atoms with E-state index in [0.717, 1.165) is 44.9 Å². The highest BCUT2D eigenvalue weighted by Gasteiger charge is 2.35. The molecule has 200 valence electrons. The summed E-state index contributed by atoms with van der Waals surface area (Å²) in [6, 6.07) is 19.0. The number of aliphatic hydroxyl groups is 1. The molecule has 0 spiro atoms. The fourth-order valence-electron chi connectivity index (χ4n) is 5.42. The Hall–Kier alpha value is -2.69. The molecule has 4 heteroatoms. The molecule has 1 saturated carbocycles. The summed E-state index contributed by atoms with van der Waals surface area (Å²) in [5.74, 6) is 0.0589. The van der Waals surface area contributed by atoms with E-state index in [4.69, 9.17) is 9.84 Å². The Bertz CT molecular complexity index is 964. The zero-order valence-corrected chi connectivity index (χ0v) is 22.3. The quantitative estimate of drug-likeness (QED) is 0.138. The molecular weight excluding hydrogens is 460 g/mol. The van der Waals surface area contributed by atoms with Crippen LogP contribution in [0.15, 0.2) is 78.9 Å². The van der Waals surface area contributed by atoms with Crippen LogP contribution in [0.25, 0.3) is 11.1 Å². The van der Waals surface area contributed by atoms with E-state index in [1.54, 1.807) is 6.08 Å². The molecule has 2 aromatic rings. The second kappa shape index (κ2) is 16.2. The number of carboxylic acid groups (broad SMARTS) is 1. The first kappa shape index (κ1) is 28.9. The van der Waals surface area contributed by atoms with Crippen LogP contribution in [0.1, 0.15) is 76.7 Å². The Labute approximate surface area is 223 Å². The first-order valence-electron chi connectivity index (χ1n) is 14.0. The topological polar surface area (TPSA) is 66.8 Å². The fourth-order valence-corrected chi connectivity index (χ4v) is 5.42. The van der Waals surface area contributed by atoms with Crippen molar-refractivity contribution in [3.63, 3.8) is 0 Å². The minimum absolute atomic E-state index is 0.202. The number of rotatable bonds is 16. The summed E-state index contributed by atoms with van der Waals surface area (Å²) in [6.07, 6.45) is 17.1. The molecule has 0 bridgehead atoms. The highest BCUT2D eigenvalue weighted by atomic mass is 16.5. The number of carbonyl (C=O) groups is 1. The summed E-state index contributed by atoms with van der Waals surface area (Å²) in [5, 5.41) is 19.2. The molecule has 0 radical (unpaired) electrons. The standard InChI is InChI=1S/C33H44O4/c1-2-3-7-14-30(34)23-21-29-22-24-32(31(29)15-10-4-5-11-16-33(35)36)37-25-26-17-19-28(20-18-26)27-12-8-6-9-13-27/h4,6,8-13,16-20,29-32,34H,2-3,5,7,14-15,21-25H2,1H3,(H,35,36)/t29-,30+,31-,32+/m1/s1. The van der Waals surface area contributed by atoms with Gasteiger partial charge in [0, 0.05) is 6.08 Å². The Kier molecular flexibility index (Phi) is 12.7. The highest BCUT2D eigenvalue weighted by molar-refractivity contribution is 5.79. The fraction of sp³-hybridized carbons (Fsp3) is 0.485. The molecule has 4 nitrogen and oxygen atoms in total. The lowest BCUT2D eigenvalue weighted by atomic mass is 9.86. The van der Waals surface area contributed by atoms with Crippen LogP contribution in [-0.4, -0.2) is 28.4 Å². The van der Waals surface area contributed by atoms with Crippen LogP contribution in [0.3, 0.4) is 0 Å². The molecule has 37 heavy (non-hydrogen) atoms. The number of unbranched alkanes of at least 4 members (excludes halogenated alkanes) is 2. The van der Waals surface area contributed by atoms with Gasteiger partial charge in [0.1, 0.15) is 0 Å². The van der Waals surface area contributed by atoms with E-state index < -0.39 is 5.97 Å². The van der Waals surface area contributed by atoms with Gasteiger partial charge in [-0.05, 0) is 73.5 Å². The van der Waals surface area contributed by atoms with Gasteiger partial charge in [0.25, 0.3) is 0 Å². The van der Waals surface area contributed by atoms with Crippen LogP contribution in [0.5, 0.6) is 0 Å². The van der Waals surface area contributed by atoms with E-state index >= 15 is 0 Å². The lowest BCUT2D eigenvalue weighted by Crippen LogP contribution is -2.23. The molecule has 0 heterocycles.